The highest BCUT2D eigenvalue weighted by Crippen LogP contribution is 2.27. The first-order valence-electron chi connectivity index (χ1n) is 10.8. The van der Waals surface area contributed by atoms with Crippen LogP contribution in [0.5, 0.6) is 17.2 Å². The highest BCUT2D eigenvalue weighted by atomic mass is 16.5. The summed E-state index contributed by atoms with van der Waals surface area (Å²) < 4.78 is 22.8. The van der Waals surface area contributed by atoms with Gasteiger partial charge in [-0.2, -0.15) is 0 Å². The van der Waals surface area contributed by atoms with Gasteiger partial charge in [0.05, 0.1) is 0 Å². The third kappa shape index (κ3) is 5.95. The monoisotopic (exact) mass is 459 g/mol. The van der Waals surface area contributed by atoms with Gasteiger partial charge in [0, 0.05) is 5.56 Å². The molecule has 0 unspecified atom stereocenters. The van der Waals surface area contributed by atoms with Crippen LogP contribution in [0.15, 0.2) is 77.2 Å². The van der Waals surface area contributed by atoms with E-state index in [1.54, 1.807) is 18.2 Å². The molecule has 1 N–H and O–H groups in total. The van der Waals surface area contributed by atoms with Crippen molar-refractivity contribution in [3.8, 4) is 28.7 Å². The number of nitrogens with zero attached hydrogens (tertiary/aromatic N) is 1. The van der Waals surface area contributed by atoms with Crippen molar-refractivity contribution in [1.29, 1.82) is 0 Å². The van der Waals surface area contributed by atoms with Gasteiger partial charge in [0.15, 0.2) is 6.61 Å². The lowest BCUT2D eigenvalue weighted by Crippen LogP contribution is -2.10. The lowest BCUT2D eigenvalue weighted by molar-refractivity contribution is -0.139. The average Bonchev–Trinajstić information content (AvgIpc) is 3.22. The van der Waals surface area contributed by atoms with E-state index in [2.05, 4.69) is 4.98 Å². The molecule has 34 heavy (non-hydrogen) atoms. The third-order valence-corrected chi connectivity index (χ3v) is 5.12. The second-order valence-corrected chi connectivity index (χ2v) is 7.72. The van der Waals surface area contributed by atoms with Gasteiger partial charge in [-0.25, -0.2) is 9.78 Å². The SMILES string of the molecule is Cc1cc(OCc2nc(-c3ccc(OCc4ccccc4)cc3)oc2C)ccc1OCC(=O)O. The summed E-state index contributed by atoms with van der Waals surface area (Å²) in [6.07, 6.45) is 0. The molecule has 1 aromatic heterocycles. The molecule has 7 heteroatoms. The van der Waals surface area contributed by atoms with E-state index in [0.29, 0.717) is 35.5 Å². The number of carboxylic acids is 1. The molecule has 0 aliphatic carbocycles. The number of aromatic nitrogens is 1. The molecule has 0 fully saturated rings. The zero-order chi connectivity index (χ0) is 23.9. The van der Waals surface area contributed by atoms with E-state index in [9.17, 15) is 4.79 Å². The Morgan fingerprint density at radius 2 is 1.59 bits per heavy atom. The smallest absolute Gasteiger partial charge is 0.341 e. The Morgan fingerprint density at radius 3 is 2.29 bits per heavy atom. The van der Waals surface area contributed by atoms with E-state index in [-0.39, 0.29) is 13.2 Å². The van der Waals surface area contributed by atoms with Crippen LogP contribution in [0.1, 0.15) is 22.6 Å². The molecule has 7 nitrogen and oxygen atoms in total. The molecule has 174 valence electrons. The maximum absolute atomic E-state index is 10.7. The first kappa shape index (κ1) is 22.9. The summed E-state index contributed by atoms with van der Waals surface area (Å²) in [5.41, 5.74) is 3.43. The van der Waals surface area contributed by atoms with Crippen molar-refractivity contribution >= 4 is 5.97 Å². The number of hydrogen-bond acceptors (Lipinski definition) is 6. The van der Waals surface area contributed by atoms with Crippen LogP contribution < -0.4 is 14.2 Å². The molecule has 0 aliphatic heterocycles. The van der Waals surface area contributed by atoms with Gasteiger partial charge < -0.3 is 23.7 Å². The highest BCUT2D eigenvalue weighted by molar-refractivity contribution is 5.68. The van der Waals surface area contributed by atoms with Gasteiger partial charge in [0.2, 0.25) is 5.89 Å². The van der Waals surface area contributed by atoms with Gasteiger partial charge in [-0.15, -0.1) is 0 Å². The number of oxazole rings is 1. The predicted molar refractivity (Wildman–Crippen MR) is 126 cm³/mol. The summed E-state index contributed by atoms with van der Waals surface area (Å²) in [6.45, 7) is 4.04. The normalized spacial score (nSPS) is 10.6. The fraction of sp³-hybridized carbons (Fsp3) is 0.185. The van der Waals surface area contributed by atoms with Gasteiger partial charge >= 0.3 is 5.97 Å². The number of hydrogen-bond donors (Lipinski definition) is 1. The van der Waals surface area contributed by atoms with Crippen LogP contribution in [0, 0.1) is 13.8 Å². The molecule has 4 aromatic rings. The summed E-state index contributed by atoms with van der Waals surface area (Å²) in [5.74, 6) is 2.07. The topological polar surface area (TPSA) is 91.0 Å². The molecule has 0 amide bonds. The number of aliphatic carboxylic acids is 1. The van der Waals surface area contributed by atoms with Gasteiger partial charge in [-0.05, 0) is 67.4 Å². The molecule has 0 spiro atoms. The Morgan fingerprint density at radius 1 is 0.882 bits per heavy atom. The number of rotatable bonds is 10. The summed E-state index contributed by atoms with van der Waals surface area (Å²) >= 11 is 0. The minimum atomic E-state index is -1.02. The van der Waals surface area contributed by atoms with Crippen molar-refractivity contribution in [3.63, 3.8) is 0 Å². The lowest BCUT2D eigenvalue weighted by Gasteiger charge is -2.10. The molecule has 1 heterocycles. The van der Waals surface area contributed by atoms with Crippen LogP contribution in [0.3, 0.4) is 0 Å². The van der Waals surface area contributed by atoms with E-state index >= 15 is 0 Å². The van der Waals surface area contributed by atoms with Crippen LogP contribution in [0.25, 0.3) is 11.5 Å². The number of carbonyl (C=O) groups is 1. The molecule has 0 saturated heterocycles. The second-order valence-electron chi connectivity index (χ2n) is 7.72. The Hall–Kier alpha value is -4.26. The number of benzene rings is 3. The second kappa shape index (κ2) is 10.6. The third-order valence-electron chi connectivity index (χ3n) is 5.12. The summed E-state index contributed by atoms with van der Waals surface area (Å²) in [6, 6.07) is 22.8. The zero-order valence-corrected chi connectivity index (χ0v) is 19.0. The van der Waals surface area contributed by atoms with Crippen LogP contribution in [0.4, 0.5) is 0 Å². The van der Waals surface area contributed by atoms with Gasteiger partial charge in [-0.1, -0.05) is 30.3 Å². The minimum Gasteiger partial charge on any atom is -0.489 e. The largest absolute Gasteiger partial charge is 0.489 e. The number of carboxylic acid groups (broad SMARTS) is 1. The Bertz CT molecular complexity index is 1250. The molecule has 0 bridgehead atoms. The minimum absolute atomic E-state index is 0.238. The van der Waals surface area contributed by atoms with Crippen molar-refractivity contribution in [2.75, 3.05) is 6.61 Å². The van der Waals surface area contributed by atoms with Gasteiger partial charge in [0.25, 0.3) is 0 Å². The Labute approximate surface area is 197 Å². The molecule has 0 aliphatic rings. The standard InChI is InChI=1S/C27H25NO6/c1-18-14-23(12-13-25(18)33-17-26(29)30)32-16-24-19(2)34-27(28-24)21-8-10-22(11-9-21)31-15-20-6-4-3-5-7-20/h3-14H,15-17H2,1-2H3,(H,29,30). The van der Waals surface area contributed by atoms with E-state index in [4.69, 9.17) is 23.7 Å². The lowest BCUT2D eigenvalue weighted by atomic mass is 10.2. The Balaban J connectivity index is 1.36. The molecule has 0 atom stereocenters. The van der Waals surface area contributed by atoms with Crippen molar-refractivity contribution in [2.24, 2.45) is 0 Å². The van der Waals surface area contributed by atoms with E-state index in [0.717, 1.165) is 22.4 Å². The summed E-state index contributed by atoms with van der Waals surface area (Å²) in [7, 11) is 0. The van der Waals surface area contributed by atoms with Crippen LogP contribution in [-0.4, -0.2) is 22.7 Å². The summed E-state index contributed by atoms with van der Waals surface area (Å²) in [4.78, 5) is 15.3. The van der Waals surface area contributed by atoms with Crippen molar-refractivity contribution in [3.05, 3.63) is 95.4 Å². The van der Waals surface area contributed by atoms with Crippen LogP contribution >= 0.6 is 0 Å². The maximum atomic E-state index is 10.7. The fourth-order valence-corrected chi connectivity index (χ4v) is 3.28. The van der Waals surface area contributed by atoms with Gasteiger partial charge in [-0.3, -0.25) is 0 Å². The zero-order valence-electron chi connectivity index (χ0n) is 19.0. The van der Waals surface area contributed by atoms with E-state index in [1.165, 1.54) is 0 Å². The molecule has 3 aromatic carbocycles. The first-order valence-corrected chi connectivity index (χ1v) is 10.8. The Kier molecular flexibility index (Phi) is 7.13. The van der Waals surface area contributed by atoms with Crippen molar-refractivity contribution in [2.45, 2.75) is 27.1 Å². The maximum Gasteiger partial charge on any atom is 0.341 e. The molecule has 4 rings (SSSR count). The molecule has 0 radical (unpaired) electrons. The van der Waals surface area contributed by atoms with Crippen molar-refractivity contribution < 1.29 is 28.5 Å². The number of aryl methyl sites for hydroxylation is 2. The van der Waals surface area contributed by atoms with Crippen LogP contribution in [0.2, 0.25) is 0 Å². The molecular formula is C27H25NO6. The van der Waals surface area contributed by atoms with Crippen molar-refractivity contribution in [1.82, 2.24) is 4.98 Å². The highest BCUT2D eigenvalue weighted by Gasteiger charge is 2.13. The van der Waals surface area contributed by atoms with Crippen LogP contribution in [-0.2, 0) is 18.0 Å². The van der Waals surface area contributed by atoms with E-state index < -0.39 is 5.97 Å². The molecular weight excluding hydrogens is 434 g/mol. The quantitative estimate of drug-likeness (QED) is 0.331. The fourth-order valence-electron chi connectivity index (χ4n) is 3.28. The predicted octanol–water partition coefficient (Wildman–Crippen LogP) is 5.58. The number of ether oxygens (including phenoxy) is 3. The van der Waals surface area contributed by atoms with Gasteiger partial charge in [0.1, 0.15) is 41.9 Å². The van der Waals surface area contributed by atoms with E-state index in [1.807, 2.05) is 68.4 Å². The first-order chi connectivity index (χ1) is 16.5. The average molecular weight is 459 g/mol. The molecule has 0 saturated carbocycles. The summed E-state index contributed by atoms with van der Waals surface area (Å²) in [5, 5.41) is 8.75.